The topological polar surface area (TPSA) is 72.8 Å². The van der Waals surface area contributed by atoms with E-state index in [0.29, 0.717) is 24.2 Å². The van der Waals surface area contributed by atoms with Crippen LogP contribution in [0.4, 0.5) is 5.82 Å². The van der Waals surface area contributed by atoms with Gasteiger partial charge in [0.15, 0.2) is 11.0 Å². The third-order valence-electron chi connectivity index (χ3n) is 2.51. The number of anilines is 1. The molecular formula is C14H19N5OS. The SMILES string of the molecule is CCNc1cc(Sc2nccc(C)n2)nc(COCC)n1. The molecule has 0 saturated carbocycles. The number of hydrogen-bond donors (Lipinski definition) is 1. The molecule has 2 aromatic rings. The fourth-order valence-electron chi connectivity index (χ4n) is 1.62. The first-order valence-corrected chi connectivity index (χ1v) is 7.70. The number of rotatable bonds is 7. The van der Waals surface area contributed by atoms with Crippen LogP contribution in [0.2, 0.25) is 0 Å². The predicted molar refractivity (Wildman–Crippen MR) is 82.4 cm³/mol. The van der Waals surface area contributed by atoms with E-state index in [0.717, 1.165) is 23.1 Å². The molecule has 0 fully saturated rings. The van der Waals surface area contributed by atoms with E-state index < -0.39 is 0 Å². The molecule has 2 rings (SSSR count). The Labute approximate surface area is 128 Å². The van der Waals surface area contributed by atoms with Crippen LogP contribution in [0, 0.1) is 6.92 Å². The molecule has 112 valence electrons. The summed E-state index contributed by atoms with van der Waals surface area (Å²) >= 11 is 1.42. The van der Waals surface area contributed by atoms with Crippen molar-refractivity contribution in [2.45, 2.75) is 37.6 Å². The van der Waals surface area contributed by atoms with Crippen molar-refractivity contribution in [2.75, 3.05) is 18.5 Å². The van der Waals surface area contributed by atoms with Crippen molar-refractivity contribution in [3.05, 3.63) is 29.8 Å². The van der Waals surface area contributed by atoms with Gasteiger partial charge in [-0.3, -0.25) is 0 Å². The molecule has 0 saturated heterocycles. The zero-order valence-corrected chi connectivity index (χ0v) is 13.3. The summed E-state index contributed by atoms with van der Waals surface area (Å²) in [6.45, 7) is 7.76. The van der Waals surface area contributed by atoms with E-state index in [9.17, 15) is 0 Å². The number of aromatic nitrogens is 4. The van der Waals surface area contributed by atoms with E-state index in [1.807, 2.05) is 32.9 Å². The molecular weight excluding hydrogens is 286 g/mol. The van der Waals surface area contributed by atoms with Gasteiger partial charge in [0.2, 0.25) is 0 Å². The largest absolute Gasteiger partial charge is 0.374 e. The van der Waals surface area contributed by atoms with Crippen LogP contribution in [0.15, 0.2) is 28.5 Å². The molecule has 1 N–H and O–H groups in total. The van der Waals surface area contributed by atoms with Gasteiger partial charge in [0.25, 0.3) is 0 Å². The molecule has 0 bridgehead atoms. The van der Waals surface area contributed by atoms with Crippen LogP contribution >= 0.6 is 11.8 Å². The molecule has 6 nitrogen and oxygen atoms in total. The lowest BCUT2D eigenvalue weighted by Crippen LogP contribution is -2.06. The third kappa shape index (κ3) is 4.95. The Bertz CT molecular complexity index is 593. The van der Waals surface area contributed by atoms with E-state index in [2.05, 4.69) is 25.3 Å². The van der Waals surface area contributed by atoms with Crippen molar-refractivity contribution in [3.8, 4) is 0 Å². The molecule has 0 aliphatic carbocycles. The smallest absolute Gasteiger partial charge is 0.194 e. The molecule has 2 heterocycles. The molecule has 0 atom stereocenters. The zero-order valence-electron chi connectivity index (χ0n) is 12.5. The Balaban J connectivity index is 2.22. The highest BCUT2D eigenvalue weighted by Crippen LogP contribution is 2.24. The lowest BCUT2D eigenvalue weighted by molar-refractivity contribution is 0.128. The molecule has 7 heteroatoms. The van der Waals surface area contributed by atoms with E-state index in [1.165, 1.54) is 11.8 Å². The second-order valence-corrected chi connectivity index (χ2v) is 5.25. The Kier molecular flexibility index (Phi) is 5.89. The number of nitrogens with zero attached hydrogens (tertiary/aromatic N) is 4. The number of aryl methyl sites for hydroxylation is 1. The van der Waals surface area contributed by atoms with Crippen LogP contribution in [0.5, 0.6) is 0 Å². The van der Waals surface area contributed by atoms with Gasteiger partial charge >= 0.3 is 0 Å². The average molecular weight is 305 g/mol. The van der Waals surface area contributed by atoms with E-state index in [4.69, 9.17) is 4.74 Å². The van der Waals surface area contributed by atoms with Gasteiger partial charge in [-0.2, -0.15) is 0 Å². The Hall–Kier alpha value is -1.73. The highest BCUT2D eigenvalue weighted by molar-refractivity contribution is 7.99. The minimum atomic E-state index is 0.401. The Morgan fingerprint density at radius 3 is 2.81 bits per heavy atom. The van der Waals surface area contributed by atoms with Gasteiger partial charge in [0.05, 0.1) is 0 Å². The molecule has 0 aliphatic heterocycles. The summed E-state index contributed by atoms with van der Waals surface area (Å²) in [6, 6.07) is 3.77. The second-order valence-electron chi connectivity index (χ2n) is 4.26. The summed E-state index contributed by atoms with van der Waals surface area (Å²) in [5.74, 6) is 1.45. The number of nitrogens with one attached hydrogen (secondary N) is 1. The quantitative estimate of drug-likeness (QED) is 0.622. The zero-order chi connectivity index (χ0) is 15.1. The summed E-state index contributed by atoms with van der Waals surface area (Å²) in [7, 11) is 0. The monoisotopic (exact) mass is 305 g/mol. The van der Waals surface area contributed by atoms with Crippen LogP contribution in [-0.4, -0.2) is 33.1 Å². The first kappa shape index (κ1) is 15.7. The molecule has 2 aromatic heterocycles. The summed E-state index contributed by atoms with van der Waals surface area (Å²) in [5.41, 5.74) is 0.933. The predicted octanol–water partition coefficient (Wildman–Crippen LogP) is 2.69. The van der Waals surface area contributed by atoms with Gasteiger partial charge in [0.1, 0.15) is 17.5 Å². The standard InChI is InChI=1S/C14H19N5OS/c1-4-15-11-8-13(19-12(18-11)9-20-5-2)21-14-16-7-6-10(3)17-14/h6-8H,4-5,9H2,1-3H3,(H,15,18,19). The lowest BCUT2D eigenvalue weighted by atomic mass is 10.5. The molecule has 0 aliphatic rings. The van der Waals surface area contributed by atoms with Crippen LogP contribution in [0.3, 0.4) is 0 Å². The molecule has 21 heavy (non-hydrogen) atoms. The highest BCUT2D eigenvalue weighted by atomic mass is 32.2. The maximum atomic E-state index is 5.38. The summed E-state index contributed by atoms with van der Waals surface area (Å²) in [4.78, 5) is 17.5. The Morgan fingerprint density at radius 1 is 1.24 bits per heavy atom. The average Bonchev–Trinajstić information content (AvgIpc) is 2.45. The van der Waals surface area contributed by atoms with Crippen LogP contribution in [0.25, 0.3) is 0 Å². The van der Waals surface area contributed by atoms with Gasteiger partial charge in [-0.05, 0) is 38.6 Å². The Morgan fingerprint density at radius 2 is 2.10 bits per heavy atom. The van der Waals surface area contributed by atoms with Gasteiger partial charge in [-0.15, -0.1) is 0 Å². The first-order valence-electron chi connectivity index (χ1n) is 6.88. The maximum Gasteiger partial charge on any atom is 0.194 e. The van der Waals surface area contributed by atoms with E-state index >= 15 is 0 Å². The van der Waals surface area contributed by atoms with Crippen molar-refractivity contribution in [3.63, 3.8) is 0 Å². The molecule has 0 spiro atoms. The molecule has 0 unspecified atom stereocenters. The van der Waals surface area contributed by atoms with Crippen LogP contribution in [-0.2, 0) is 11.3 Å². The minimum absolute atomic E-state index is 0.401. The maximum absolute atomic E-state index is 5.38. The number of hydrogen-bond acceptors (Lipinski definition) is 7. The summed E-state index contributed by atoms with van der Waals surface area (Å²) < 4.78 is 5.38. The van der Waals surface area contributed by atoms with E-state index in [-0.39, 0.29) is 0 Å². The van der Waals surface area contributed by atoms with Gasteiger partial charge in [0, 0.05) is 31.1 Å². The minimum Gasteiger partial charge on any atom is -0.374 e. The fourth-order valence-corrected chi connectivity index (χ4v) is 2.44. The normalized spacial score (nSPS) is 10.6. The third-order valence-corrected chi connectivity index (χ3v) is 3.31. The van der Waals surface area contributed by atoms with Gasteiger partial charge in [-0.25, -0.2) is 19.9 Å². The lowest BCUT2D eigenvalue weighted by Gasteiger charge is -2.08. The molecule has 0 radical (unpaired) electrons. The van der Waals surface area contributed by atoms with Gasteiger partial charge < -0.3 is 10.1 Å². The molecule has 0 aromatic carbocycles. The van der Waals surface area contributed by atoms with Crippen molar-refractivity contribution in [2.24, 2.45) is 0 Å². The number of ether oxygens (including phenoxy) is 1. The van der Waals surface area contributed by atoms with Crippen molar-refractivity contribution >= 4 is 17.6 Å². The summed E-state index contributed by atoms with van der Waals surface area (Å²) in [6.07, 6.45) is 1.75. The van der Waals surface area contributed by atoms with Crippen LogP contribution in [0.1, 0.15) is 25.4 Å². The van der Waals surface area contributed by atoms with Gasteiger partial charge in [-0.1, -0.05) is 0 Å². The highest BCUT2D eigenvalue weighted by Gasteiger charge is 2.08. The van der Waals surface area contributed by atoms with Crippen LogP contribution < -0.4 is 5.32 Å². The summed E-state index contributed by atoms with van der Waals surface area (Å²) in [5, 5.41) is 4.69. The van der Waals surface area contributed by atoms with E-state index in [1.54, 1.807) is 6.20 Å². The van der Waals surface area contributed by atoms with Crippen molar-refractivity contribution in [1.29, 1.82) is 0 Å². The van der Waals surface area contributed by atoms with Crippen molar-refractivity contribution in [1.82, 2.24) is 19.9 Å². The first-order chi connectivity index (χ1) is 10.2. The van der Waals surface area contributed by atoms with Crippen molar-refractivity contribution < 1.29 is 4.74 Å². The second kappa shape index (κ2) is 7.90. The fraction of sp³-hybridized carbons (Fsp3) is 0.429. The molecule has 0 amide bonds.